The predicted octanol–water partition coefficient (Wildman–Crippen LogP) is 3.64. The first-order valence-corrected chi connectivity index (χ1v) is 6.99. The summed E-state index contributed by atoms with van der Waals surface area (Å²) >= 11 is 0. The third-order valence-electron chi connectivity index (χ3n) is 3.79. The minimum Gasteiger partial charge on any atom is -0.496 e. The monoisotopic (exact) mass is 283 g/mol. The standard InChI is InChI=1S/C17H17NO3/c1-10-3-7-13(17(19)20)16(18-10)14-9-12(11-4-5-11)6-8-15(14)21-2/h3,6-9,11H,4-5H2,1-2H3,(H,19,20). The molecule has 1 aliphatic carbocycles. The van der Waals surface area contributed by atoms with Crippen LogP contribution in [0.2, 0.25) is 0 Å². The predicted molar refractivity (Wildman–Crippen MR) is 79.9 cm³/mol. The molecule has 1 aromatic carbocycles. The van der Waals surface area contributed by atoms with Gasteiger partial charge in [0.25, 0.3) is 0 Å². The Kier molecular flexibility index (Phi) is 3.37. The second-order valence-corrected chi connectivity index (χ2v) is 5.39. The molecule has 4 nitrogen and oxygen atoms in total. The summed E-state index contributed by atoms with van der Waals surface area (Å²) in [5.74, 6) is 0.268. The highest BCUT2D eigenvalue weighted by molar-refractivity contribution is 5.95. The van der Waals surface area contributed by atoms with E-state index in [-0.39, 0.29) is 5.56 Å². The average Bonchev–Trinajstić information content (AvgIpc) is 3.30. The van der Waals surface area contributed by atoms with Gasteiger partial charge in [-0.15, -0.1) is 0 Å². The molecule has 0 amide bonds. The second kappa shape index (κ2) is 5.20. The fourth-order valence-electron chi connectivity index (χ4n) is 2.52. The van der Waals surface area contributed by atoms with E-state index < -0.39 is 5.97 Å². The Balaban J connectivity index is 2.20. The SMILES string of the molecule is COc1ccc(C2CC2)cc1-c1nc(C)ccc1C(=O)O. The average molecular weight is 283 g/mol. The molecule has 4 heteroatoms. The summed E-state index contributed by atoms with van der Waals surface area (Å²) in [4.78, 5) is 15.9. The summed E-state index contributed by atoms with van der Waals surface area (Å²) < 4.78 is 5.40. The fourth-order valence-corrected chi connectivity index (χ4v) is 2.52. The molecule has 1 N–H and O–H groups in total. The zero-order valence-electron chi connectivity index (χ0n) is 12.1. The van der Waals surface area contributed by atoms with Crippen molar-refractivity contribution in [2.75, 3.05) is 7.11 Å². The third-order valence-corrected chi connectivity index (χ3v) is 3.79. The Labute approximate surface area is 123 Å². The number of carbonyl (C=O) groups is 1. The van der Waals surface area contributed by atoms with Gasteiger partial charge in [-0.05, 0) is 55.5 Å². The van der Waals surface area contributed by atoms with Crippen LogP contribution in [0.5, 0.6) is 5.75 Å². The maximum absolute atomic E-state index is 11.5. The Morgan fingerprint density at radius 1 is 1.29 bits per heavy atom. The number of rotatable bonds is 4. The number of aromatic nitrogens is 1. The number of carboxylic acids is 1. The van der Waals surface area contributed by atoms with Gasteiger partial charge in [-0.2, -0.15) is 0 Å². The van der Waals surface area contributed by atoms with Gasteiger partial charge in [-0.25, -0.2) is 4.79 Å². The Morgan fingerprint density at radius 3 is 2.67 bits per heavy atom. The minimum atomic E-state index is -0.976. The second-order valence-electron chi connectivity index (χ2n) is 5.39. The number of methoxy groups -OCH3 is 1. The largest absolute Gasteiger partial charge is 0.496 e. The smallest absolute Gasteiger partial charge is 0.337 e. The molecule has 1 aliphatic rings. The lowest BCUT2D eigenvalue weighted by Gasteiger charge is -2.13. The highest BCUT2D eigenvalue weighted by atomic mass is 16.5. The van der Waals surface area contributed by atoms with Gasteiger partial charge >= 0.3 is 5.97 Å². The molecule has 0 radical (unpaired) electrons. The molecule has 0 unspecified atom stereocenters. The lowest BCUT2D eigenvalue weighted by molar-refractivity contribution is 0.0697. The molecule has 0 atom stereocenters. The van der Waals surface area contributed by atoms with Gasteiger partial charge in [0.05, 0.1) is 18.4 Å². The topological polar surface area (TPSA) is 59.4 Å². The third kappa shape index (κ3) is 2.61. The van der Waals surface area contributed by atoms with E-state index in [1.54, 1.807) is 19.2 Å². The molecule has 0 bridgehead atoms. The van der Waals surface area contributed by atoms with Crippen molar-refractivity contribution in [2.45, 2.75) is 25.7 Å². The normalized spacial score (nSPS) is 14.0. The minimum absolute atomic E-state index is 0.201. The molecule has 0 spiro atoms. The molecular formula is C17H17NO3. The van der Waals surface area contributed by atoms with Crippen molar-refractivity contribution in [3.05, 3.63) is 47.2 Å². The van der Waals surface area contributed by atoms with E-state index in [0.717, 1.165) is 11.3 Å². The summed E-state index contributed by atoms with van der Waals surface area (Å²) in [6.45, 7) is 1.85. The number of aromatic carboxylic acids is 1. The number of hydrogen-bond acceptors (Lipinski definition) is 3. The lowest BCUT2D eigenvalue weighted by Crippen LogP contribution is -2.04. The molecule has 1 heterocycles. The molecule has 2 aromatic rings. The number of hydrogen-bond donors (Lipinski definition) is 1. The first-order chi connectivity index (χ1) is 10.1. The first kappa shape index (κ1) is 13.6. The summed E-state index contributed by atoms with van der Waals surface area (Å²) in [5.41, 5.74) is 3.44. The molecule has 1 saturated carbocycles. The van der Waals surface area contributed by atoms with E-state index >= 15 is 0 Å². The van der Waals surface area contributed by atoms with Gasteiger partial charge in [0.1, 0.15) is 5.75 Å². The zero-order chi connectivity index (χ0) is 15.0. The number of carboxylic acid groups (broad SMARTS) is 1. The van der Waals surface area contributed by atoms with Crippen molar-refractivity contribution in [3.63, 3.8) is 0 Å². The van der Waals surface area contributed by atoms with Crippen molar-refractivity contribution in [3.8, 4) is 17.0 Å². The van der Waals surface area contributed by atoms with Crippen molar-refractivity contribution < 1.29 is 14.6 Å². The van der Waals surface area contributed by atoms with Gasteiger partial charge in [0.15, 0.2) is 0 Å². The van der Waals surface area contributed by atoms with E-state index in [0.29, 0.717) is 17.4 Å². The number of aryl methyl sites for hydroxylation is 1. The fraction of sp³-hybridized carbons (Fsp3) is 0.294. The van der Waals surface area contributed by atoms with E-state index in [4.69, 9.17) is 4.74 Å². The van der Waals surface area contributed by atoms with Gasteiger partial charge in [-0.3, -0.25) is 4.98 Å². The van der Waals surface area contributed by atoms with Crippen LogP contribution in [0.15, 0.2) is 30.3 Å². The Morgan fingerprint density at radius 2 is 2.05 bits per heavy atom. The Hall–Kier alpha value is -2.36. The number of benzene rings is 1. The summed E-state index contributed by atoms with van der Waals surface area (Å²) in [6.07, 6.45) is 2.39. The van der Waals surface area contributed by atoms with Crippen LogP contribution in [0, 0.1) is 6.92 Å². The van der Waals surface area contributed by atoms with E-state index in [9.17, 15) is 9.90 Å². The number of ether oxygens (including phenoxy) is 1. The van der Waals surface area contributed by atoms with Crippen molar-refractivity contribution in [1.29, 1.82) is 0 Å². The highest BCUT2D eigenvalue weighted by Gasteiger charge is 2.25. The molecular weight excluding hydrogens is 266 g/mol. The van der Waals surface area contributed by atoms with Gasteiger partial charge < -0.3 is 9.84 Å². The van der Waals surface area contributed by atoms with Crippen LogP contribution in [0.1, 0.15) is 40.4 Å². The highest BCUT2D eigenvalue weighted by Crippen LogP contribution is 2.43. The molecule has 1 fully saturated rings. The summed E-state index contributed by atoms with van der Waals surface area (Å²) in [6, 6.07) is 9.28. The van der Waals surface area contributed by atoms with Crippen LogP contribution in [0.4, 0.5) is 0 Å². The van der Waals surface area contributed by atoms with Crippen LogP contribution >= 0.6 is 0 Å². The van der Waals surface area contributed by atoms with Crippen LogP contribution in [0.25, 0.3) is 11.3 Å². The van der Waals surface area contributed by atoms with Crippen LogP contribution in [-0.4, -0.2) is 23.2 Å². The molecule has 1 aromatic heterocycles. The molecule has 108 valence electrons. The maximum atomic E-state index is 11.5. The van der Waals surface area contributed by atoms with Crippen molar-refractivity contribution >= 4 is 5.97 Å². The molecule has 21 heavy (non-hydrogen) atoms. The zero-order valence-corrected chi connectivity index (χ0v) is 12.1. The van der Waals surface area contributed by atoms with Crippen LogP contribution in [-0.2, 0) is 0 Å². The lowest BCUT2D eigenvalue weighted by atomic mass is 10.00. The Bertz CT molecular complexity index is 705. The van der Waals surface area contributed by atoms with Gasteiger partial charge in [0.2, 0.25) is 0 Å². The summed E-state index contributed by atoms with van der Waals surface area (Å²) in [7, 11) is 1.59. The molecule has 3 rings (SSSR count). The van der Waals surface area contributed by atoms with E-state index in [1.165, 1.54) is 18.4 Å². The van der Waals surface area contributed by atoms with E-state index in [1.807, 2.05) is 19.1 Å². The summed E-state index contributed by atoms with van der Waals surface area (Å²) in [5, 5.41) is 9.39. The molecule has 0 saturated heterocycles. The van der Waals surface area contributed by atoms with Gasteiger partial charge in [-0.1, -0.05) is 6.07 Å². The quantitative estimate of drug-likeness (QED) is 0.930. The number of pyridine rings is 1. The molecule has 0 aliphatic heterocycles. The maximum Gasteiger partial charge on any atom is 0.337 e. The van der Waals surface area contributed by atoms with Crippen LogP contribution in [0.3, 0.4) is 0 Å². The van der Waals surface area contributed by atoms with E-state index in [2.05, 4.69) is 11.1 Å². The van der Waals surface area contributed by atoms with Gasteiger partial charge in [0, 0.05) is 11.3 Å². The van der Waals surface area contributed by atoms with Crippen molar-refractivity contribution in [1.82, 2.24) is 4.98 Å². The first-order valence-electron chi connectivity index (χ1n) is 6.99. The number of nitrogens with zero attached hydrogens (tertiary/aromatic N) is 1. The van der Waals surface area contributed by atoms with Crippen LogP contribution < -0.4 is 4.74 Å². The van der Waals surface area contributed by atoms with Crippen molar-refractivity contribution in [2.24, 2.45) is 0 Å².